The predicted molar refractivity (Wildman–Crippen MR) is 61.9 cm³/mol. The van der Waals surface area contributed by atoms with Crippen LogP contribution in [0.4, 0.5) is 14.5 Å². The number of nitrogens with one attached hydrogen (secondary N) is 1. The van der Waals surface area contributed by atoms with Crippen molar-refractivity contribution in [3.8, 4) is 0 Å². The van der Waals surface area contributed by atoms with Crippen molar-refractivity contribution in [2.75, 3.05) is 19.5 Å². The summed E-state index contributed by atoms with van der Waals surface area (Å²) in [4.78, 5) is 4.11. The third kappa shape index (κ3) is 2.19. The molecule has 0 saturated heterocycles. The van der Waals surface area contributed by atoms with Crippen LogP contribution in [0.5, 0.6) is 0 Å². The largest absolute Gasteiger partial charge is 0.388 e. The number of hydrogen-bond acceptors (Lipinski definition) is 3. The molecule has 0 saturated carbocycles. The van der Waals surface area contributed by atoms with Gasteiger partial charge in [-0.1, -0.05) is 0 Å². The van der Waals surface area contributed by atoms with Crippen molar-refractivity contribution in [2.45, 2.75) is 6.61 Å². The molecule has 0 atom stereocenters. The Labute approximate surface area is 97.4 Å². The number of fused-ring (bicyclic) bond motifs is 1. The maximum absolute atomic E-state index is 13.6. The monoisotopic (exact) mass is 238 g/mol. The van der Waals surface area contributed by atoms with E-state index in [-0.39, 0.29) is 12.1 Å². The van der Waals surface area contributed by atoms with Gasteiger partial charge < -0.3 is 10.1 Å². The van der Waals surface area contributed by atoms with Crippen LogP contribution in [0.15, 0.2) is 18.2 Å². The summed E-state index contributed by atoms with van der Waals surface area (Å²) in [5, 5.41) is 3.32. The highest BCUT2D eigenvalue weighted by atomic mass is 19.1. The Morgan fingerprint density at radius 3 is 2.71 bits per heavy atom. The molecule has 0 aliphatic carbocycles. The Morgan fingerprint density at radius 2 is 2.06 bits per heavy atom. The number of hydrogen-bond donors (Lipinski definition) is 1. The normalized spacial score (nSPS) is 10.8. The van der Waals surface area contributed by atoms with E-state index in [1.54, 1.807) is 13.1 Å². The van der Waals surface area contributed by atoms with Crippen LogP contribution in [-0.2, 0) is 11.3 Å². The molecule has 17 heavy (non-hydrogen) atoms. The van der Waals surface area contributed by atoms with Crippen LogP contribution in [0.3, 0.4) is 0 Å². The lowest BCUT2D eigenvalue weighted by Gasteiger charge is -2.09. The molecule has 0 aliphatic heterocycles. The molecule has 1 heterocycles. The van der Waals surface area contributed by atoms with E-state index in [1.165, 1.54) is 13.2 Å². The SMILES string of the molecule is CNc1cc(COC)nc2c(F)cc(F)cc12. The number of nitrogens with zero attached hydrogens (tertiary/aromatic N) is 1. The van der Waals surface area contributed by atoms with Gasteiger partial charge in [0.25, 0.3) is 0 Å². The minimum atomic E-state index is -0.672. The van der Waals surface area contributed by atoms with Crippen molar-refractivity contribution in [1.29, 1.82) is 0 Å². The van der Waals surface area contributed by atoms with Crippen molar-refractivity contribution < 1.29 is 13.5 Å². The third-order valence-corrected chi connectivity index (χ3v) is 2.45. The Hall–Kier alpha value is -1.75. The molecule has 0 fully saturated rings. The number of halogens is 2. The van der Waals surface area contributed by atoms with Crippen LogP contribution in [0.1, 0.15) is 5.69 Å². The molecule has 0 unspecified atom stereocenters. The van der Waals surface area contributed by atoms with Gasteiger partial charge in [0.2, 0.25) is 0 Å². The number of aromatic nitrogens is 1. The first-order valence-corrected chi connectivity index (χ1v) is 5.11. The van der Waals surface area contributed by atoms with Crippen LogP contribution in [0.2, 0.25) is 0 Å². The molecule has 2 rings (SSSR count). The summed E-state index contributed by atoms with van der Waals surface area (Å²) in [5.41, 5.74) is 1.36. The molecule has 90 valence electrons. The molecule has 1 N–H and O–H groups in total. The Morgan fingerprint density at radius 1 is 1.29 bits per heavy atom. The minimum absolute atomic E-state index is 0.144. The highest BCUT2D eigenvalue weighted by Gasteiger charge is 2.11. The van der Waals surface area contributed by atoms with Gasteiger partial charge >= 0.3 is 0 Å². The Kier molecular flexibility index (Phi) is 3.19. The molecule has 0 aliphatic rings. The van der Waals surface area contributed by atoms with Gasteiger partial charge in [0.15, 0.2) is 5.82 Å². The summed E-state index contributed by atoms with van der Waals surface area (Å²) in [7, 11) is 3.22. The van der Waals surface area contributed by atoms with Crippen LogP contribution in [0, 0.1) is 11.6 Å². The van der Waals surface area contributed by atoms with Crippen LogP contribution < -0.4 is 5.32 Å². The maximum Gasteiger partial charge on any atom is 0.152 e. The number of ether oxygens (including phenoxy) is 1. The minimum Gasteiger partial charge on any atom is -0.388 e. The number of benzene rings is 1. The van der Waals surface area contributed by atoms with E-state index in [9.17, 15) is 8.78 Å². The molecule has 3 nitrogen and oxygen atoms in total. The second-order valence-corrected chi connectivity index (χ2v) is 3.63. The molecule has 0 bridgehead atoms. The maximum atomic E-state index is 13.6. The van der Waals surface area contributed by atoms with Crippen molar-refractivity contribution in [3.63, 3.8) is 0 Å². The second-order valence-electron chi connectivity index (χ2n) is 3.63. The van der Waals surface area contributed by atoms with Gasteiger partial charge in [-0.2, -0.15) is 0 Å². The van der Waals surface area contributed by atoms with Crippen LogP contribution >= 0.6 is 0 Å². The molecular formula is C12H12F2N2O. The summed E-state index contributed by atoms with van der Waals surface area (Å²) in [5.74, 6) is -1.29. The zero-order chi connectivity index (χ0) is 12.4. The predicted octanol–water partition coefficient (Wildman–Crippen LogP) is 2.70. The zero-order valence-electron chi connectivity index (χ0n) is 9.55. The lowest BCUT2D eigenvalue weighted by Crippen LogP contribution is -1.99. The summed E-state index contributed by atoms with van der Waals surface area (Å²) >= 11 is 0. The first-order chi connectivity index (χ1) is 8.15. The van der Waals surface area contributed by atoms with Gasteiger partial charge in [0, 0.05) is 31.3 Å². The van der Waals surface area contributed by atoms with Gasteiger partial charge in [-0.25, -0.2) is 13.8 Å². The Bertz CT molecular complexity index is 558. The molecule has 1 aromatic heterocycles. The lowest BCUT2D eigenvalue weighted by atomic mass is 10.1. The average Bonchev–Trinajstić information content (AvgIpc) is 2.29. The number of pyridine rings is 1. The molecule has 0 spiro atoms. The van der Waals surface area contributed by atoms with Gasteiger partial charge in [-0.15, -0.1) is 0 Å². The van der Waals surface area contributed by atoms with E-state index < -0.39 is 11.6 Å². The fourth-order valence-electron chi connectivity index (χ4n) is 1.73. The number of methoxy groups -OCH3 is 1. The molecule has 5 heteroatoms. The molecular weight excluding hydrogens is 226 g/mol. The molecule has 0 amide bonds. The van der Waals surface area contributed by atoms with E-state index in [4.69, 9.17) is 4.74 Å². The fraction of sp³-hybridized carbons (Fsp3) is 0.250. The summed E-state index contributed by atoms with van der Waals surface area (Å²) < 4.78 is 31.7. The van der Waals surface area contributed by atoms with Crippen molar-refractivity contribution >= 4 is 16.6 Å². The first-order valence-electron chi connectivity index (χ1n) is 5.11. The molecule has 2 aromatic rings. The molecule has 1 aromatic carbocycles. The Balaban J connectivity index is 2.73. The van der Waals surface area contributed by atoms with Gasteiger partial charge in [0.05, 0.1) is 12.3 Å². The van der Waals surface area contributed by atoms with Crippen LogP contribution in [-0.4, -0.2) is 19.1 Å². The number of anilines is 1. The lowest BCUT2D eigenvalue weighted by molar-refractivity contribution is 0.182. The highest BCUT2D eigenvalue weighted by molar-refractivity contribution is 5.91. The summed E-state index contributed by atoms with van der Waals surface area (Å²) in [6, 6.07) is 3.80. The highest BCUT2D eigenvalue weighted by Crippen LogP contribution is 2.26. The second kappa shape index (κ2) is 4.63. The van der Waals surface area contributed by atoms with Crippen molar-refractivity contribution in [3.05, 3.63) is 35.5 Å². The van der Waals surface area contributed by atoms with E-state index in [0.29, 0.717) is 16.8 Å². The fourth-order valence-corrected chi connectivity index (χ4v) is 1.73. The summed E-state index contributed by atoms with van der Waals surface area (Å²) in [6.07, 6.45) is 0. The van der Waals surface area contributed by atoms with Gasteiger partial charge in [-0.3, -0.25) is 0 Å². The van der Waals surface area contributed by atoms with Gasteiger partial charge in [-0.05, 0) is 12.1 Å². The number of rotatable bonds is 3. The third-order valence-electron chi connectivity index (χ3n) is 2.45. The van der Waals surface area contributed by atoms with E-state index in [0.717, 1.165) is 6.07 Å². The van der Waals surface area contributed by atoms with Crippen LogP contribution in [0.25, 0.3) is 10.9 Å². The quantitative estimate of drug-likeness (QED) is 0.892. The zero-order valence-corrected chi connectivity index (χ0v) is 9.55. The van der Waals surface area contributed by atoms with E-state index in [2.05, 4.69) is 10.3 Å². The van der Waals surface area contributed by atoms with Crippen molar-refractivity contribution in [1.82, 2.24) is 4.98 Å². The van der Waals surface area contributed by atoms with E-state index in [1.807, 2.05) is 0 Å². The average molecular weight is 238 g/mol. The summed E-state index contributed by atoms with van der Waals surface area (Å²) in [6.45, 7) is 0.279. The molecule has 0 radical (unpaired) electrons. The van der Waals surface area contributed by atoms with E-state index >= 15 is 0 Å². The smallest absolute Gasteiger partial charge is 0.152 e. The topological polar surface area (TPSA) is 34.1 Å². The van der Waals surface area contributed by atoms with Gasteiger partial charge in [0.1, 0.15) is 11.3 Å². The first kappa shape index (κ1) is 11.7. The standard InChI is InChI=1S/C12H12F2N2O/c1-15-11-5-8(6-17-2)16-12-9(11)3-7(13)4-10(12)14/h3-5H,6H2,1-2H3,(H,15,16). The van der Waals surface area contributed by atoms with Crippen molar-refractivity contribution in [2.24, 2.45) is 0 Å².